The van der Waals surface area contributed by atoms with Gasteiger partial charge < -0.3 is 5.21 Å². The van der Waals surface area contributed by atoms with E-state index in [9.17, 15) is 0 Å². The van der Waals surface area contributed by atoms with E-state index in [1.807, 2.05) is 0 Å². The molecule has 0 aliphatic rings. The summed E-state index contributed by atoms with van der Waals surface area (Å²) in [5.74, 6) is 2.49. The molecule has 0 radical (unpaired) electrons. The molecule has 0 bridgehead atoms. The van der Waals surface area contributed by atoms with Gasteiger partial charge in [-0.3, -0.25) is 0 Å². The van der Waals surface area contributed by atoms with Gasteiger partial charge >= 0.3 is 0 Å². The van der Waals surface area contributed by atoms with Gasteiger partial charge in [0.25, 0.3) is 0 Å². The lowest BCUT2D eigenvalue weighted by Gasteiger charge is -1.90. The fraction of sp³-hybridized carbons (Fsp3) is 0. The minimum Gasteiger partial charge on any atom is -0.411 e. The summed E-state index contributed by atoms with van der Waals surface area (Å²) in [7, 11) is 0. The maximum Gasteiger partial charge on any atom is 0.0733 e. The van der Waals surface area contributed by atoms with Gasteiger partial charge in [0.05, 0.1) is 6.21 Å². The van der Waals surface area contributed by atoms with Gasteiger partial charge in [-0.15, -0.1) is 6.42 Å². The third-order valence-electron chi connectivity index (χ3n) is 1.28. The van der Waals surface area contributed by atoms with Crippen molar-refractivity contribution >= 4 is 6.21 Å². The zero-order chi connectivity index (χ0) is 8.10. The zero-order valence-corrected chi connectivity index (χ0v) is 5.86. The van der Waals surface area contributed by atoms with Crippen LogP contribution in [0.25, 0.3) is 0 Å². The van der Waals surface area contributed by atoms with Crippen LogP contribution in [-0.4, -0.2) is 11.4 Å². The number of terminal acetylenes is 1. The Hall–Kier alpha value is -1.75. The highest BCUT2D eigenvalue weighted by atomic mass is 16.4. The van der Waals surface area contributed by atoms with E-state index >= 15 is 0 Å². The van der Waals surface area contributed by atoms with Crippen LogP contribution in [0.4, 0.5) is 0 Å². The number of benzene rings is 1. The fourth-order valence-corrected chi connectivity index (χ4v) is 0.732. The lowest BCUT2D eigenvalue weighted by molar-refractivity contribution is 0.322. The standard InChI is InChI=1S/C9H7NO/c1-2-8-3-5-9(6-4-8)7-10-11/h1,3-7,11H/b10-7+. The van der Waals surface area contributed by atoms with E-state index in [4.69, 9.17) is 11.6 Å². The minimum absolute atomic E-state index is 0.820. The second kappa shape index (κ2) is 3.43. The van der Waals surface area contributed by atoms with Crippen molar-refractivity contribution in [2.24, 2.45) is 5.16 Å². The molecule has 0 saturated heterocycles. The highest BCUT2D eigenvalue weighted by molar-refractivity contribution is 5.79. The summed E-state index contributed by atoms with van der Waals surface area (Å²) in [6.45, 7) is 0. The summed E-state index contributed by atoms with van der Waals surface area (Å²) in [5.41, 5.74) is 1.64. The molecule has 0 amide bonds. The third-order valence-corrected chi connectivity index (χ3v) is 1.28. The van der Waals surface area contributed by atoms with Crippen molar-refractivity contribution in [3.8, 4) is 12.3 Å². The average Bonchev–Trinajstić information content (AvgIpc) is 2.07. The first-order chi connectivity index (χ1) is 5.36. The van der Waals surface area contributed by atoms with Crippen molar-refractivity contribution in [1.82, 2.24) is 0 Å². The molecule has 2 nitrogen and oxygen atoms in total. The molecule has 54 valence electrons. The van der Waals surface area contributed by atoms with Crippen molar-refractivity contribution in [3.05, 3.63) is 35.4 Å². The van der Waals surface area contributed by atoms with Crippen LogP contribution < -0.4 is 0 Å². The Bertz CT molecular complexity index is 292. The molecule has 2 heteroatoms. The van der Waals surface area contributed by atoms with E-state index in [0.29, 0.717) is 0 Å². The first-order valence-electron chi connectivity index (χ1n) is 3.11. The molecule has 1 rings (SSSR count). The topological polar surface area (TPSA) is 32.6 Å². The van der Waals surface area contributed by atoms with Crippen LogP contribution in [0.15, 0.2) is 29.4 Å². The molecule has 0 aliphatic carbocycles. The molecule has 0 atom stereocenters. The highest BCUT2D eigenvalue weighted by Gasteiger charge is 1.87. The van der Waals surface area contributed by atoms with Gasteiger partial charge in [-0.1, -0.05) is 23.2 Å². The molecule has 1 aromatic carbocycles. The molecular weight excluding hydrogens is 138 g/mol. The first-order valence-corrected chi connectivity index (χ1v) is 3.11. The lowest BCUT2D eigenvalue weighted by Crippen LogP contribution is -1.80. The Balaban J connectivity index is 2.94. The summed E-state index contributed by atoms with van der Waals surface area (Å²) in [6, 6.07) is 7.15. The molecule has 0 heterocycles. The van der Waals surface area contributed by atoms with Crippen molar-refractivity contribution in [1.29, 1.82) is 0 Å². The van der Waals surface area contributed by atoms with Crippen molar-refractivity contribution < 1.29 is 5.21 Å². The van der Waals surface area contributed by atoms with Crippen LogP contribution in [0.1, 0.15) is 11.1 Å². The predicted octanol–water partition coefficient (Wildman–Crippen LogP) is 1.48. The molecule has 0 saturated carbocycles. The second-order valence-corrected chi connectivity index (χ2v) is 2.01. The van der Waals surface area contributed by atoms with Crippen molar-refractivity contribution in [2.75, 3.05) is 0 Å². The Labute approximate surface area is 65.2 Å². The Kier molecular flexibility index (Phi) is 2.29. The van der Waals surface area contributed by atoms with Crippen LogP contribution in [0.3, 0.4) is 0 Å². The minimum atomic E-state index is 0.820. The number of hydrogen-bond acceptors (Lipinski definition) is 2. The quantitative estimate of drug-likeness (QED) is 0.276. The number of rotatable bonds is 1. The largest absolute Gasteiger partial charge is 0.411 e. The van der Waals surface area contributed by atoms with Gasteiger partial charge in [0.2, 0.25) is 0 Å². The van der Waals surface area contributed by atoms with Crippen molar-refractivity contribution in [3.63, 3.8) is 0 Å². The van der Waals surface area contributed by atoms with E-state index in [0.717, 1.165) is 11.1 Å². The van der Waals surface area contributed by atoms with E-state index in [-0.39, 0.29) is 0 Å². The van der Waals surface area contributed by atoms with Crippen molar-refractivity contribution in [2.45, 2.75) is 0 Å². The molecule has 0 aliphatic heterocycles. The van der Waals surface area contributed by atoms with E-state index in [2.05, 4.69) is 11.1 Å². The Morgan fingerprint density at radius 3 is 2.45 bits per heavy atom. The molecule has 0 fully saturated rings. The van der Waals surface area contributed by atoms with Crippen LogP contribution in [-0.2, 0) is 0 Å². The normalized spacial score (nSPS) is 9.73. The summed E-state index contributed by atoms with van der Waals surface area (Å²) in [4.78, 5) is 0. The van der Waals surface area contributed by atoms with Gasteiger partial charge in [0, 0.05) is 5.56 Å². The van der Waals surface area contributed by atoms with Crippen LogP contribution in [0, 0.1) is 12.3 Å². The van der Waals surface area contributed by atoms with Gasteiger partial charge in [-0.25, -0.2) is 0 Å². The monoisotopic (exact) mass is 145 g/mol. The summed E-state index contributed by atoms with van der Waals surface area (Å²) in [5, 5.41) is 11.1. The first kappa shape index (κ1) is 7.36. The molecule has 1 aromatic rings. The average molecular weight is 145 g/mol. The highest BCUT2D eigenvalue weighted by Crippen LogP contribution is 1.99. The maximum atomic E-state index is 8.18. The molecule has 0 aromatic heterocycles. The molecular formula is C9H7NO. The molecule has 0 spiro atoms. The van der Waals surface area contributed by atoms with Gasteiger partial charge in [0.15, 0.2) is 0 Å². The zero-order valence-electron chi connectivity index (χ0n) is 5.86. The molecule has 11 heavy (non-hydrogen) atoms. The van der Waals surface area contributed by atoms with E-state index < -0.39 is 0 Å². The second-order valence-electron chi connectivity index (χ2n) is 2.01. The van der Waals surface area contributed by atoms with Crippen LogP contribution >= 0.6 is 0 Å². The van der Waals surface area contributed by atoms with E-state index in [1.54, 1.807) is 24.3 Å². The summed E-state index contributed by atoms with van der Waals surface area (Å²) in [6.07, 6.45) is 6.49. The smallest absolute Gasteiger partial charge is 0.0733 e. The SMILES string of the molecule is C#Cc1ccc(/C=N/O)cc1. The van der Waals surface area contributed by atoms with Crippen LogP contribution in [0.2, 0.25) is 0 Å². The van der Waals surface area contributed by atoms with E-state index in [1.165, 1.54) is 6.21 Å². The number of oxime groups is 1. The summed E-state index contributed by atoms with van der Waals surface area (Å²) >= 11 is 0. The van der Waals surface area contributed by atoms with Crippen LogP contribution in [0.5, 0.6) is 0 Å². The number of nitrogens with zero attached hydrogens (tertiary/aromatic N) is 1. The Morgan fingerprint density at radius 2 is 2.00 bits per heavy atom. The molecule has 0 unspecified atom stereocenters. The van der Waals surface area contributed by atoms with Gasteiger partial charge in [0.1, 0.15) is 0 Å². The fourth-order valence-electron chi connectivity index (χ4n) is 0.732. The maximum absolute atomic E-state index is 8.18. The Morgan fingerprint density at radius 1 is 1.36 bits per heavy atom. The predicted molar refractivity (Wildman–Crippen MR) is 43.8 cm³/mol. The summed E-state index contributed by atoms with van der Waals surface area (Å²) < 4.78 is 0. The molecule has 1 N–H and O–H groups in total. The number of hydrogen-bond donors (Lipinski definition) is 1. The lowest BCUT2D eigenvalue weighted by atomic mass is 10.2. The van der Waals surface area contributed by atoms with Gasteiger partial charge in [-0.2, -0.15) is 0 Å². The van der Waals surface area contributed by atoms with Gasteiger partial charge in [-0.05, 0) is 17.7 Å². The third kappa shape index (κ3) is 1.84.